The van der Waals surface area contributed by atoms with Crippen LogP contribution in [0.2, 0.25) is 0 Å². The Balaban J connectivity index is 1.90. The second-order valence-electron chi connectivity index (χ2n) is 5.29. The molecule has 112 valence electrons. The van der Waals surface area contributed by atoms with Crippen molar-refractivity contribution < 1.29 is 8.78 Å². The number of hydrogen-bond donors (Lipinski definition) is 1. The lowest BCUT2D eigenvalue weighted by molar-refractivity contribution is 0.590. The second-order valence-corrected chi connectivity index (χ2v) is 5.29. The number of hydrogen-bond acceptors (Lipinski definition) is 2. The molecule has 4 rings (SSSR count). The van der Waals surface area contributed by atoms with Crippen LogP contribution in [0.4, 0.5) is 20.2 Å². The quantitative estimate of drug-likeness (QED) is 0.535. The molecule has 4 heteroatoms. The zero-order chi connectivity index (χ0) is 15.8. The summed E-state index contributed by atoms with van der Waals surface area (Å²) in [5.74, 6) is -1.29. The summed E-state index contributed by atoms with van der Waals surface area (Å²) in [6, 6.07) is 17.7. The van der Waals surface area contributed by atoms with E-state index in [1.807, 2.05) is 42.5 Å². The van der Waals surface area contributed by atoms with Crippen molar-refractivity contribution in [2.45, 2.75) is 0 Å². The highest BCUT2D eigenvalue weighted by molar-refractivity contribution is 5.99. The van der Waals surface area contributed by atoms with Gasteiger partial charge in [-0.3, -0.25) is 4.98 Å². The average Bonchev–Trinajstić information content (AvgIpc) is 2.56. The summed E-state index contributed by atoms with van der Waals surface area (Å²) in [6.45, 7) is 0. The van der Waals surface area contributed by atoms with Gasteiger partial charge in [-0.25, -0.2) is 8.78 Å². The molecule has 1 aromatic heterocycles. The Hall–Kier alpha value is -3.01. The van der Waals surface area contributed by atoms with Crippen molar-refractivity contribution >= 4 is 33.1 Å². The van der Waals surface area contributed by atoms with Crippen LogP contribution >= 0.6 is 0 Å². The maximum absolute atomic E-state index is 13.9. The van der Waals surface area contributed by atoms with Crippen LogP contribution in [0.25, 0.3) is 21.7 Å². The maximum atomic E-state index is 13.9. The van der Waals surface area contributed by atoms with E-state index in [1.54, 1.807) is 6.07 Å². The second kappa shape index (κ2) is 5.32. The minimum Gasteiger partial charge on any atom is -0.354 e. The van der Waals surface area contributed by atoms with Crippen LogP contribution in [0.15, 0.2) is 66.9 Å². The van der Waals surface area contributed by atoms with E-state index in [9.17, 15) is 8.78 Å². The Morgan fingerprint density at radius 2 is 1.57 bits per heavy atom. The van der Waals surface area contributed by atoms with Crippen molar-refractivity contribution in [1.29, 1.82) is 0 Å². The molecular formula is C19H12F2N2. The molecule has 3 aromatic carbocycles. The van der Waals surface area contributed by atoms with Crippen molar-refractivity contribution in [3.05, 3.63) is 78.5 Å². The van der Waals surface area contributed by atoms with Gasteiger partial charge in [0.05, 0.1) is 0 Å². The topological polar surface area (TPSA) is 24.9 Å². The lowest BCUT2D eigenvalue weighted by atomic mass is 10.1. The summed E-state index contributed by atoms with van der Waals surface area (Å²) >= 11 is 0. The lowest BCUT2D eigenvalue weighted by Crippen LogP contribution is -1.95. The van der Waals surface area contributed by atoms with Gasteiger partial charge in [0, 0.05) is 34.4 Å². The number of benzene rings is 3. The summed E-state index contributed by atoms with van der Waals surface area (Å²) in [6.07, 6.45) is 1.51. The van der Waals surface area contributed by atoms with Crippen molar-refractivity contribution in [2.75, 3.05) is 5.32 Å². The molecule has 0 unspecified atom stereocenters. The third-order valence-electron chi connectivity index (χ3n) is 3.82. The van der Waals surface area contributed by atoms with Gasteiger partial charge in [0.2, 0.25) is 0 Å². The molecular weight excluding hydrogens is 294 g/mol. The minimum absolute atomic E-state index is 0.150. The van der Waals surface area contributed by atoms with Crippen LogP contribution in [0, 0.1) is 11.6 Å². The van der Waals surface area contributed by atoms with Crippen molar-refractivity contribution in [1.82, 2.24) is 4.98 Å². The lowest BCUT2D eigenvalue weighted by Gasteiger charge is -2.12. The van der Waals surface area contributed by atoms with Gasteiger partial charge in [0.1, 0.15) is 11.3 Å². The van der Waals surface area contributed by atoms with Gasteiger partial charge in [0.15, 0.2) is 5.82 Å². The normalized spacial score (nSPS) is 11.0. The van der Waals surface area contributed by atoms with Gasteiger partial charge >= 0.3 is 0 Å². The largest absolute Gasteiger partial charge is 0.354 e. The van der Waals surface area contributed by atoms with E-state index in [-0.39, 0.29) is 5.52 Å². The minimum atomic E-state index is -0.665. The number of nitrogens with one attached hydrogen (secondary N) is 1. The number of nitrogens with zero attached hydrogens (tertiary/aromatic N) is 1. The molecule has 0 aliphatic rings. The van der Waals surface area contributed by atoms with Gasteiger partial charge in [-0.05, 0) is 23.6 Å². The molecule has 1 heterocycles. The van der Waals surface area contributed by atoms with E-state index in [0.29, 0.717) is 11.1 Å². The molecule has 4 aromatic rings. The van der Waals surface area contributed by atoms with Crippen LogP contribution in [-0.2, 0) is 0 Å². The molecule has 0 saturated carbocycles. The standard InChI is InChI=1S/C19H12F2N2/c20-13-10-15-18(8-9-22-19(15)16(21)11-13)23-17-7-3-5-12-4-1-2-6-14(12)17/h1-11H,(H,22,23). The first kappa shape index (κ1) is 13.6. The first-order valence-corrected chi connectivity index (χ1v) is 7.21. The van der Waals surface area contributed by atoms with Gasteiger partial charge in [0.25, 0.3) is 0 Å². The van der Waals surface area contributed by atoms with E-state index in [2.05, 4.69) is 10.3 Å². The average molecular weight is 306 g/mol. The molecule has 23 heavy (non-hydrogen) atoms. The van der Waals surface area contributed by atoms with Gasteiger partial charge < -0.3 is 5.32 Å². The molecule has 0 radical (unpaired) electrons. The molecule has 1 N–H and O–H groups in total. The van der Waals surface area contributed by atoms with Crippen molar-refractivity contribution in [3.63, 3.8) is 0 Å². The predicted molar refractivity (Wildman–Crippen MR) is 88.9 cm³/mol. The zero-order valence-electron chi connectivity index (χ0n) is 12.1. The molecule has 0 aliphatic heterocycles. The van der Waals surface area contributed by atoms with Crippen LogP contribution in [0.5, 0.6) is 0 Å². The number of anilines is 2. The maximum Gasteiger partial charge on any atom is 0.152 e. The zero-order valence-corrected chi connectivity index (χ0v) is 12.1. The Morgan fingerprint density at radius 1 is 0.783 bits per heavy atom. The predicted octanol–water partition coefficient (Wildman–Crippen LogP) is 5.41. The smallest absolute Gasteiger partial charge is 0.152 e. The van der Waals surface area contributed by atoms with E-state index in [4.69, 9.17) is 0 Å². The number of rotatable bonds is 2. The van der Waals surface area contributed by atoms with Gasteiger partial charge in [-0.15, -0.1) is 0 Å². The molecule has 0 bridgehead atoms. The summed E-state index contributed by atoms with van der Waals surface area (Å²) in [4.78, 5) is 4.00. The number of pyridine rings is 1. The van der Waals surface area contributed by atoms with E-state index >= 15 is 0 Å². The number of halogens is 2. The summed E-state index contributed by atoms with van der Waals surface area (Å²) < 4.78 is 27.5. The third kappa shape index (κ3) is 2.38. The Labute approximate surface area is 131 Å². The summed E-state index contributed by atoms with van der Waals surface area (Å²) in [7, 11) is 0. The summed E-state index contributed by atoms with van der Waals surface area (Å²) in [5, 5.41) is 5.82. The molecule has 0 aliphatic carbocycles. The monoisotopic (exact) mass is 306 g/mol. The van der Waals surface area contributed by atoms with E-state index < -0.39 is 11.6 Å². The molecule has 0 spiro atoms. The van der Waals surface area contributed by atoms with E-state index in [0.717, 1.165) is 22.5 Å². The highest BCUT2D eigenvalue weighted by Crippen LogP contribution is 2.30. The van der Waals surface area contributed by atoms with Crippen molar-refractivity contribution in [3.8, 4) is 0 Å². The number of fused-ring (bicyclic) bond motifs is 2. The van der Waals surface area contributed by atoms with Crippen LogP contribution in [0.3, 0.4) is 0 Å². The molecule has 0 saturated heterocycles. The van der Waals surface area contributed by atoms with E-state index in [1.165, 1.54) is 12.3 Å². The number of aromatic nitrogens is 1. The highest BCUT2D eigenvalue weighted by atomic mass is 19.1. The van der Waals surface area contributed by atoms with Crippen LogP contribution in [0.1, 0.15) is 0 Å². The van der Waals surface area contributed by atoms with Crippen LogP contribution < -0.4 is 5.32 Å². The molecule has 0 fully saturated rings. The SMILES string of the molecule is Fc1cc(F)c2nccc(Nc3cccc4ccccc34)c2c1. The third-order valence-corrected chi connectivity index (χ3v) is 3.82. The Bertz CT molecular complexity index is 1020. The molecule has 0 amide bonds. The Kier molecular flexibility index (Phi) is 3.15. The summed E-state index contributed by atoms with van der Waals surface area (Å²) in [5.41, 5.74) is 1.64. The Morgan fingerprint density at radius 3 is 2.48 bits per heavy atom. The molecule has 0 atom stereocenters. The van der Waals surface area contributed by atoms with Gasteiger partial charge in [-0.2, -0.15) is 0 Å². The van der Waals surface area contributed by atoms with Crippen LogP contribution in [-0.4, -0.2) is 4.98 Å². The fourth-order valence-electron chi connectivity index (χ4n) is 2.77. The fraction of sp³-hybridized carbons (Fsp3) is 0. The van der Waals surface area contributed by atoms with Crippen molar-refractivity contribution in [2.24, 2.45) is 0 Å². The highest BCUT2D eigenvalue weighted by Gasteiger charge is 2.10. The molecule has 2 nitrogen and oxygen atoms in total. The van der Waals surface area contributed by atoms with Gasteiger partial charge in [-0.1, -0.05) is 36.4 Å². The fourth-order valence-corrected chi connectivity index (χ4v) is 2.77. The first-order valence-electron chi connectivity index (χ1n) is 7.21. The first-order chi connectivity index (χ1) is 11.2.